The van der Waals surface area contributed by atoms with E-state index in [1.807, 2.05) is 52.8 Å². The van der Waals surface area contributed by atoms with Gasteiger partial charge >= 0.3 is 12.5 Å². The summed E-state index contributed by atoms with van der Waals surface area (Å²) < 4.78 is 46.5. The molecule has 16 heteroatoms. The van der Waals surface area contributed by atoms with E-state index in [1.54, 1.807) is 35.4 Å². The molecule has 54 heavy (non-hydrogen) atoms. The summed E-state index contributed by atoms with van der Waals surface area (Å²) in [6.45, 7) is 11.1. The number of piperidine rings is 1. The molecule has 0 spiro atoms. The summed E-state index contributed by atoms with van der Waals surface area (Å²) >= 11 is 1.22. The monoisotopic (exact) mass is 766 g/mol. The van der Waals surface area contributed by atoms with E-state index in [-0.39, 0.29) is 35.3 Å². The van der Waals surface area contributed by atoms with Crippen LogP contribution in [-0.4, -0.2) is 77.8 Å². The van der Waals surface area contributed by atoms with E-state index in [0.717, 1.165) is 47.4 Å². The number of nitrogens with one attached hydrogen (secondary N) is 2. The maximum absolute atomic E-state index is 12.9. The molecule has 4 N–H and O–H groups in total. The highest BCUT2D eigenvalue weighted by Gasteiger charge is 2.31. The van der Waals surface area contributed by atoms with Gasteiger partial charge in [-0.2, -0.15) is 5.10 Å². The molecule has 1 fully saturated rings. The fraction of sp³-hybridized carbons (Fsp3) is 0.368. The van der Waals surface area contributed by atoms with Crippen LogP contribution >= 0.6 is 11.8 Å². The van der Waals surface area contributed by atoms with Gasteiger partial charge in [-0.15, -0.1) is 13.2 Å². The van der Waals surface area contributed by atoms with Gasteiger partial charge in [0.05, 0.1) is 23.3 Å². The third-order valence-electron chi connectivity index (χ3n) is 7.81. The molecule has 12 nitrogen and oxygen atoms in total. The maximum Gasteiger partial charge on any atom is 0.573 e. The summed E-state index contributed by atoms with van der Waals surface area (Å²) in [6.07, 6.45) is -0.551. The number of hydrogen-bond acceptors (Lipinski definition) is 8. The largest absolute Gasteiger partial charge is 0.573 e. The summed E-state index contributed by atoms with van der Waals surface area (Å²) in [5.41, 5.74) is 13.0. The van der Waals surface area contributed by atoms with Gasteiger partial charge in [-0.1, -0.05) is 54.2 Å². The van der Waals surface area contributed by atoms with Crippen molar-refractivity contribution >= 4 is 58.7 Å². The molecule has 0 bridgehead atoms. The predicted molar refractivity (Wildman–Crippen MR) is 208 cm³/mol. The first kappa shape index (κ1) is 41.4. The number of rotatable bonds is 11. The van der Waals surface area contributed by atoms with Gasteiger partial charge in [0.15, 0.2) is 5.17 Å². The number of nitrogens with two attached hydrogens (primary N) is 1. The zero-order valence-corrected chi connectivity index (χ0v) is 31.6. The smallest absolute Gasteiger partial charge is 0.444 e. The topological polar surface area (TPSA) is 155 Å². The molecule has 1 unspecified atom stereocenters. The van der Waals surface area contributed by atoms with Gasteiger partial charge < -0.3 is 25.4 Å². The van der Waals surface area contributed by atoms with Gasteiger partial charge in [0.1, 0.15) is 23.5 Å². The Bertz CT molecular complexity index is 1840. The van der Waals surface area contributed by atoms with E-state index in [2.05, 4.69) is 30.6 Å². The lowest BCUT2D eigenvalue weighted by atomic mass is 9.98. The van der Waals surface area contributed by atoms with E-state index in [9.17, 15) is 22.8 Å². The molecule has 3 aromatic carbocycles. The number of likely N-dealkylation sites (tertiary alicyclic amines) is 1. The minimum Gasteiger partial charge on any atom is -0.444 e. The number of carbonyl (C=O) groups is 2. The van der Waals surface area contributed by atoms with Gasteiger partial charge in [0.25, 0.3) is 0 Å². The highest BCUT2D eigenvalue weighted by Crippen LogP contribution is 2.26. The number of hydrogen-bond donors (Lipinski definition) is 3. The highest BCUT2D eigenvalue weighted by atomic mass is 32.2. The lowest BCUT2D eigenvalue weighted by Gasteiger charge is -2.34. The number of alkyl halides is 3. The quantitative estimate of drug-likeness (QED) is 0.105. The molecular weight excluding hydrogens is 722 g/mol. The number of ether oxygens (including phenoxy) is 2. The van der Waals surface area contributed by atoms with Crippen molar-refractivity contribution in [2.75, 3.05) is 25.4 Å². The molecule has 0 saturated carbocycles. The van der Waals surface area contributed by atoms with Crippen molar-refractivity contribution in [3.63, 3.8) is 0 Å². The van der Waals surface area contributed by atoms with Crippen molar-refractivity contribution in [3.8, 4) is 5.75 Å². The molecule has 1 aliphatic rings. The molecule has 0 aliphatic carbocycles. The summed E-state index contributed by atoms with van der Waals surface area (Å²) in [5, 5.41) is 7.80. The number of amidine groups is 2. The maximum atomic E-state index is 12.9. The Balaban J connectivity index is 1.33. The molecular formula is C38H45F3N8O4S. The fourth-order valence-corrected chi connectivity index (χ4v) is 5.85. The van der Waals surface area contributed by atoms with Crippen molar-refractivity contribution < 1.29 is 32.2 Å². The van der Waals surface area contributed by atoms with Crippen LogP contribution in [0.2, 0.25) is 0 Å². The Morgan fingerprint density at radius 2 is 1.70 bits per heavy atom. The molecule has 1 saturated heterocycles. The number of nitrogens with zero attached hydrogens (tertiary/aromatic N) is 5. The molecule has 288 valence electrons. The second-order valence-electron chi connectivity index (χ2n) is 13.5. The van der Waals surface area contributed by atoms with Crippen LogP contribution in [0, 0.1) is 19.8 Å². The molecule has 1 atom stereocenters. The van der Waals surface area contributed by atoms with Gasteiger partial charge in [-0.05, 0) is 94.3 Å². The standard InChI is InChI=1S/C38H45F3N8O4S/c1-25-8-6-9-26(2)33(25)47-35(54-23-32(50)43-20-28-10-7-19-49(22-28)36(51)53-37(3,4)5)48-46-21-27-11-13-29(14-12-27)34(42)45-24-44-30-15-17-31(18-16-30)52-38(39,40)41/h6,8-9,11-18,21,24,28H,7,10,19-20,22-23H2,1-5H3,(H,43,50)(H,47,48)(H2,42,44,45)/b46-21+. The fourth-order valence-electron chi connectivity index (χ4n) is 5.21. The summed E-state index contributed by atoms with van der Waals surface area (Å²) in [4.78, 5) is 40.2. The van der Waals surface area contributed by atoms with Crippen molar-refractivity contribution in [2.45, 2.75) is 59.4 Å². The Kier molecular flexibility index (Phi) is 14.6. The molecule has 1 aliphatic heterocycles. The Morgan fingerprint density at radius 1 is 1.02 bits per heavy atom. The van der Waals surface area contributed by atoms with Crippen molar-refractivity contribution in [1.29, 1.82) is 0 Å². The summed E-state index contributed by atoms with van der Waals surface area (Å²) in [5.74, 6) is -0.107. The van der Waals surface area contributed by atoms with Gasteiger partial charge in [-0.3, -0.25) is 10.2 Å². The molecule has 2 amide bonds. The number of carbonyl (C=O) groups excluding carboxylic acids is 2. The normalized spacial score (nSPS) is 15.8. The molecule has 4 rings (SSSR count). The van der Waals surface area contributed by atoms with E-state index >= 15 is 0 Å². The zero-order valence-electron chi connectivity index (χ0n) is 30.8. The predicted octanol–water partition coefficient (Wildman–Crippen LogP) is 7.38. The first-order valence-corrected chi connectivity index (χ1v) is 18.2. The van der Waals surface area contributed by atoms with Gasteiger partial charge in [0.2, 0.25) is 5.91 Å². The molecule has 0 aromatic heterocycles. The van der Waals surface area contributed by atoms with Crippen LogP contribution in [0.1, 0.15) is 55.9 Å². The van der Waals surface area contributed by atoms with E-state index in [1.165, 1.54) is 30.2 Å². The number of hydrazone groups is 1. The number of aryl methyl sites for hydroxylation is 2. The SMILES string of the molecule is Cc1cccc(C)c1N=C(N/N=C/c1ccc(C(N)=NC=Nc2ccc(OC(F)(F)F)cc2)cc1)SCC(=O)NCC1CCCN(C(=O)OC(C)(C)C)C1. The number of benzene rings is 3. The van der Waals surface area contributed by atoms with Crippen LogP contribution in [-0.2, 0) is 9.53 Å². The van der Waals surface area contributed by atoms with Crippen molar-refractivity contribution in [3.05, 3.63) is 89.0 Å². The zero-order chi connectivity index (χ0) is 39.3. The van der Waals surface area contributed by atoms with Gasteiger partial charge in [-0.25, -0.2) is 19.8 Å². The van der Waals surface area contributed by atoms with Crippen LogP contribution < -0.4 is 21.2 Å². The van der Waals surface area contributed by atoms with Crippen LogP contribution in [0.25, 0.3) is 0 Å². The average Bonchev–Trinajstić information content (AvgIpc) is 3.10. The minimum atomic E-state index is -4.77. The number of para-hydroxylation sites is 1. The Morgan fingerprint density at radius 3 is 2.35 bits per heavy atom. The number of amides is 2. The average molecular weight is 767 g/mol. The van der Waals surface area contributed by atoms with Gasteiger partial charge in [0, 0.05) is 25.2 Å². The minimum absolute atomic E-state index is 0.100. The van der Waals surface area contributed by atoms with Crippen molar-refractivity contribution in [1.82, 2.24) is 15.6 Å². The van der Waals surface area contributed by atoms with E-state index < -0.39 is 12.0 Å². The lowest BCUT2D eigenvalue weighted by Crippen LogP contribution is -2.45. The van der Waals surface area contributed by atoms with Crippen LogP contribution in [0.4, 0.5) is 29.3 Å². The Labute approximate surface area is 317 Å². The molecule has 0 radical (unpaired) electrons. The van der Waals surface area contributed by atoms with Crippen LogP contribution in [0.3, 0.4) is 0 Å². The summed E-state index contributed by atoms with van der Waals surface area (Å²) in [7, 11) is 0. The number of halogens is 3. The lowest BCUT2D eigenvalue weighted by molar-refractivity contribution is -0.274. The third-order valence-corrected chi connectivity index (χ3v) is 8.67. The van der Waals surface area contributed by atoms with Crippen LogP contribution in [0.5, 0.6) is 5.75 Å². The highest BCUT2D eigenvalue weighted by molar-refractivity contribution is 8.14. The van der Waals surface area contributed by atoms with E-state index in [4.69, 9.17) is 15.5 Å². The first-order chi connectivity index (χ1) is 25.5. The van der Waals surface area contributed by atoms with E-state index in [0.29, 0.717) is 36.1 Å². The number of thioether (sulfide) groups is 1. The second kappa shape index (κ2) is 19.1. The molecule has 1 heterocycles. The first-order valence-electron chi connectivity index (χ1n) is 17.2. The molecule has 3 aromatic rings. The Hall–Kier alpha value is -5.38. The second-order valence-corrected chi connectivity index (χ2v) is 14.4. The van der Waals surface area contributed by atoms with Crippen LogP contribution in [0.15, 0.2) is 86.8 Å². The van der Waals surface area contributed by atoms with Crippen molar-refractivity contribution in [2.24, 2.45) is 31.7 Å². The summed E-state index contributed by atoms with van der Waals surface area (Å²) in [6, 6.07) is 18.0. The number of aliphatic imine (C=N–C) groups is 3. The third kappa shape index (κ3) is 14.2.